The first-order chi connectivity index (χ1) is 7.88. The van der Waals surface area contributed by atoms with Crippen LogP contribution in [0.4, 0.5) is 0 Å². The Labute approximate surface area is 99.9 Å². The molecule has 1 fully saturated rings. The maximum absolute atomic E-state index is 5.62. The SMILES string of the molecule is ClCc1ccc(OCC2CCOCC2)nn1. The largest absolute Gasteiger partial charge is 0.476 e. The molecule has 0 saturated carbocycles. The summed E-state index contributed by atoms with van der Waals surface area (Å²) in [6, 6.07) is 3.64. The second-order valence-corrected chi connectivity index (χ2v) is 4.13. The van der Waals surface area contributed by atoms with Gasteiger partial charge in [0.15, 0.2) is 0 Å². The Balaban J connectivity index is 1.79. The quantitative estimate of drug-likeness (QED) is 0.758. The van der Waals surface area contributed by atoms with E-state index in [0.717, 1.165) is 31.7 Å². The Kier molecular flexibility index (Phi) is 4.36. The normalized spacial score (nSPS) is 17.3. The fourth-order valence-corrected chi connectivity index (χ4v) is 1.75. The van der Waals surface area contributed by atoms with Gasteiger partial charge in [-0.15, -0.1) is 16.7 Å². The number of aromatic nitrogens is 2. The molecule has 0 N–H and O–H groups in total. The van der Waals surface area contributed by atoms with Gasteiger partial charge in [-0.2, -0.15) is 5.10 Å². The van der Waals surface area contributed by atoms with Gasteiger partial charge in [0, 0.05) is 19.3 Å². The summed E-state index contributed by atoms with van der Waals surface area (Å²) >= 11 is 5.62. The maximum Gasteiger partial charge on any atom is 0.233 e. The Morgan fingerprint density at radius 1 is 1.31 bits per heavy atom. The number of hydrogen-bond donors (Lipinski definition) is 0. The van der Waals surface area contributed by atoms with Crippen molar-refractivity contribution < 1.29 is 9.47 Å². The zero-order valence-corrected chi connectivity index (χ0v) is 9.82. The van der Waals surface area contributed by atoms with Crippen LogP contribution in [-0.2, 0) is 10.6 Å². The first-order valence-electron chi connectivity index (χ1n) is 5.47. The molecule has 0 spiro atoms. The van der Waals surface area contributed by atoms with E-state index < -0.39 is 0 Å². The van der Waals surface area contributed by atoms with Crippen LogP contribution in [0.1, 0.15) is 18.5 Å². The minimum atomic E-state index is 0.382. The second-order valence-electron chi connectivity index (χ2n) is 3.86. The summed E-state index contributed by atoms with van der Waals surface area (Å²) in [5.74, 6) is 1.52. The predicted octanol–water partition coefficient (Wildman–Crippen LogP) is 2.02. The molecule has 0 radical (unpaired) electrons. The van der Waals surface area contributed by atoms with Crippen molar-refractivity contribution in [3.63, 3.8) is 0 Å². The molecule has 0 aromatic carbocycles. The van der Waals surface area contributed by atoms with Gasteiger partial charge in [-0.05, 0) is 24.8 Å². The Bertz CT molecular complexity index is 312. The average Bonchev–Trinajstić information content (AvgIpc) is 2.38. The van der Waals surface area contributed by atoms with Gasteiger partial charge in [0.2, 0.25) is 5.88 Å². The Morgan fingerprint density at radius 2 is 2.12 bits per heavy atom. The fourth-order valence-electron chi connectivity index (χ4n) is 1.61. The Morgan fingerprint density at radius 3 is 2.75 bits per heavy atom. The molecule has 4 nitrogen and oxygen atoms in total. The summed E-state index contributed by atoms with van der Waals surface area (Å²) in [6.07, 6.45) is 2.13. The number of alkyl halides is 1. The monoisotopic (exact) mass is 242 g/mol. The van der Waals surface area contributed by atoms with Gasteiger partial charge in [0.05, 0.1) is 18.2 Å². The van der Waals surface area contributed by atoms with E-state index >= 15 is 0 Å². The van der Waals surface area contributed by atoms with Crippen LogP contribution in [0.15, 0.2) is 12.1 Å². The van der Waals surface area contributed by atoms with Crippen LogP contribution in [0.3, 0.4) is 0 Å². The third kappa shape index (κ3) is 3.32. The fraction of sp³-hybridized carbons (Fsp3) is 0.636. The number of rotatable bonds is 4. The summed E-state index contributed by atoms with van der Waals surface area (Å²) in [6.45, 7) is 2.37. The van der Waals surface area contributed by atoms with Gasteiger partial charge in [0.25, 0.3) is 0 Å². The molecule has 1 aliphatic rings. The summed E-state index contributed by atoms with van der Waals surface area (Å²) in [4.78, 5) is 0. The predicted molar refractivity (Wildman–Crippen MR) is 60.6 cm³/mol. The van der Waals surface area contributed by atoms with Crippen LogP contribution in [0.2, 0.25) is 0 Å². The molecule has 1 saturated heterocycles. The van der Waals surface area contributed by atoms with E-state index in [1.54, 1.807) is 0 Å². The number of hydrogen-bond acceptors (Lipinski definition) is 4. The molecule has 0 bridgehead atoms. The third-order valence-corrected chi connectivity index (χ3v) is 2.91. The lowest BCUT2D eigenvalue weighted by molar-refractivity contribution is 0.0489. The van der Waals surface area contributed by atoms with Crippen molar-refractivity contribution >= 4 is 11.6 Å². The van der Waals surface area contributed by atoms with Crippen LogP contribution < -0.4 is 4.74 Å². The van der Waals surface area contributed by atoms with Crippen LogP contribution in [0.25, 0.3) is 0 Å². The molecule has 16 heavy (non-hydrogen) atoms. The zero-order chi connectivity index (χ0) is 11.2. The van der Waals surface area contributed by atoms with Gasteiger partial charge in [-0.1, -0.05) is 0 Å². The highest BCUT2D eigenvalue weighted by atomic mass is 35.5. The van der Waals surface area contributed by atoms with Crippen LogP contribution >= 0.6 is 11.6 Å². The second kappa shape index (κ2) is 6.01. The van der Waals surface area contributed by atoms with E-state index in [9.17, 15) is 0 Å². The van der Waals surface area contributed by atoms with E-state index in [0.29, 0.717) is 24.3 Å². The van der Waals surface area contributed by atoms with Crippen molar-refractivity contribution in [1.82, 2.24) is 10.2 Å². The molecular weight excluding hydrogens is 228 g/mol. The standard InChI is InChI=1S/C11H15ClN2O2/c12-7-10-1-2-11(14-13-10)16-8-9-3-5-15-6-4-9/h1-2,9H,3-8H2. The lowest BCUT2D eigenvalue weighted by atomic mass is 10.0. The van der Waals surface area contributed by atoms with Gasteiger partial charge in [-0.25, -0.2) is 0 Å². The van der Waals surface area contributed by atoms with Crippen molar-refractivity contribution in [3.05, 3.63) is 17.8 Å². The van der Waals surface area contributed by atoms with Gasteiger partial charge >= 0.3 is 0 Å². The topological polar surface area (TPSA) is 44.2 Å². The summed E-state index contributed by atoms with van der Waals surface area (Å²) in [5.41, 5.74) is 0.764. The van der Waals surface area contributed by atoms with Gasteiger partial charge in [0.1, 0.15) is 0 Å². The summed E-state index contributed by atoms with van der Waals surface area (Å²) in [5, 5.41) is 7.88. The molecule has 1 aliphatic heterocycles. The first kappa shape index (κ1) is 11.6. The van der Waals surface area contributed by atoms with Crippen molar-refractivity contribution in [3.8, 4) is 5.88 Å². The molecule has 88 valence electrons. The lowest BCUT2D eigenvalue weighted by Crippen LogP contribution is -2.21. The van der Waals surface area contributed by atoms with E-state index in [1.165, 1.54) is 0 Å². The highest BCUT2D eigenvalue weighted by molar-refractivity contribution is 6.16. The third-order valence-electron chi connectivity index (χ3n) is 2.64. The molecule has 1 aromatic rings. The summed E-state index contributed by atoms with van der Waals surface area (Å²) < 4.78 is 10.9. The molecule has 0 unspecified atom stereocenters. The van der Waals surface area contributed by atoms with Crippen molar-refractivity contribution in [2.75, 3.05) is 19.8 Å². The highest BCUT2D eigenvalue weighted by Gasteiger charge is 2.14. The van der Waals surface area contributed by atoms with Crippen LogP contribution in [0.5, 0.6) is 5.88 Å². The van der Waals surface area contributed by atoms with E-state index in [2.05, 4.69) is 10.2 Å². The van der Waals surface area contributed by atoms with Gasteiger partial charge in [-0.3, -0.25) is 0 Å². The number of halogens is 1. The van der Waals surface area contributed by atoms with E-state index in [-0.39, 0.29) is 0 Å². The van der Waals surface area contributed by atoms with Crippen LogP contribution in [0, 0.1) is 5.92 Å². The molecule has 1 aromatic heterocycles. The molecule has 0 atom stereocenters. The zero-order valence-electron chi connectivity index (χ0n) is 9.06. The van der Waals surface area contributed by atoms with Crippen molar-refractivity contribution in [2.24, 2.45) is 5.92 Å². The minimum Gasteiger partial charge on any atom is -0.476 e. The average molecular weight is 243 g/mol. The lowest BCUT2D eigenvalue weighted by Gasteiger charge is -2.21. The molecule has 2 rings (SSSR count). The molecule has 0 amide bonds. The van der Waals surface area contributed by atoms with Crippen molar-refractivity contribution in [1.29, 1.82) is 0 Å². The first-order valence-corrected chi connectivity index (χ1v) is 6.01. The number of ether oxygens (including phenoxy) is 2. The summed E-state index contributed by atoms with van der Waals surface area (Å²) in [7, 11) is 0. The molecular formula is C11H15ClN2O2. The molecule has 2 heterocycles. The van der Waals surface area contributed by atoms with E-state index in [4.69, 9.17) is 21.1 Å². The highest BCUT2D eigenvalue weighted by Crippen LogP contribution is 2.16. The number of nitrogens with zero attached hydrogens (tertiary/aromatic N) is 2. The van der Waals surface area contributed by atoms with E-state index in [1.807, 2.05) is 12.1 Å². The smallest absolute Gasteiger partial charge is 0.233 e. The van der Waals surface area contributed by atoms with Crippen molar-refractivity contribution in [2.45, 2.75) is 18.7 Å². The maximum atomic E-state index is 5.62. The van der Waals surface area contributed by atoms with Gasteiger partial charge < -0.3 is 9.47 Å². The van der Waals surface area contributed by atoms with Crippen LogP contribution in [-0.4, -0.2) is 30.0 Å². The molecule has 5 heteroatoms. The molecule has 0 aliphatic carbocycles. The Hall–Kier alpha value is -0.870. The minimum absolute atomic E-state index is 0.382.